The van der Waals surface area contributed by atoms with E-state index in [9.17, 15) is 8.42 Å². The minimum Gasteiger partial charge on any atom is -0.269 e. The number of benzene rings is 1. The number of halogens is 1. The third-order valence-corrected chi connectivity index (χ3v) is 5.95. The summed E-state index contributed by atoms with van der Waals surface area (Å²) in [6.45, 7) is 0.602. The molecule has 86 valence electrons. The first-order valence-electron chi connectivity index (χ1n) is 5.39. The van der Waals surface area contributed by atoms with Crippen LogP contribution in [0.25, 0.3) is 0 Å². The van der Waals surface area contributed by atoms with Crippen molar-refractivity contribution in [3.05, 3.63) is 28.2 Å². The van der Waals surface area contributed by atoms with Crippen molar-refractivity contribution in [1.29, 1.82) is 0 Å². The highest BCUT2D eigenvalue weighted by atomic mass is 79.9. The fourth-order valence-electron chi connectivity index (χ4n) is 2.15. The summed E-state index contributed by atoms with van der Waals surface area (Å²) in [6, 6.07) is 5.81. The van der Waals surface area contributed by atoms with Crippen molar-refractivity contribution < 1.29 is 8.42 Å². The number of nitrogens with zero attached hydrogens (tertiary/aromatic N) is 1. The van der Waals surface area contributed by atoms with Crippen molar-refractivity contribution in [1.82, 2.24) is 0 Å². The Morgan fingerprint density at radius 3 is 2.75 bits per heavy atom. The molecule has 1 aliphatic carbocycles. The molecule has 0 unspecified atom stereocenters. The summed E-state index contributed by atoms with van der Waals surface area (Å²) in [6.07, 6.45) is 2.47. The van der Waals surface area contributed by atoms with Gasteiger partial charge in [-0.3, -0.25) is 4.31 Å². The van der Waals surface area contributed by atoms with Gasteiger partial charge in [0.05, 0.1) is 10.9 Å². The molecule has 0 radical (unpaired) electrons. The summed E-state index contributed by atoms with van der Waals surface area (Å²) in [4.78, 5) is 0. The van der Waals surface area contributed by atoms with Crippen LogP contribution < -0.4 is 4.31 Å². The number of hydrogen-bond donors (Lipinski definition) is 0. The lowest BCUT2D eigenvalue weighted by molar-refractivity contribution is 0.591. The van der Waals surface area contributed by atoms with E-state index in [-0.39, 0.29) is 5.25 Å². The van der Waals surface area contributed by atoms with Crippen LogP contribution in [-0.2, 0) is 16.4 Å². The zero-order valence-electron chi connectivity index (χ0n) is 8.69. The van der Waals surface area contributed by atoms with Crippen molar-refractivity contribution >= 4 is 31.6 Å². The van der Waals surface area contributed by atoms with E-state index in [1.807, 2.05) is 18.2 Å². The SMILES string of the molecule is O=S(=O)(C1CC1)N1CCc2cc(Br)ccc21. The second kappa shape index (κ2) is 3.47. The molecule has 1 aliphatic heterocycles. The monoisotopic (exact) mass is 301 g/mol. The summed E-state index contributed by atoms with van der Waals surface area (Å²) in [5, 5.41) is -0.123. The molecule has 1 heterocycles. The molecule has 3 rings (SSSR count). The third-order valence-electron chi connectivity index (χ3n) is 3.15. The lowest BCUT2D eigenvalue weighted by Crippen LogP contribution is -2.32. The molecule has 1 aromatic carbocycles. The topological polar surface area (TPSA) is 37.4 Å². The van der Waals surface area contributed by atoms with Crippen molar-refractivity contribution in [2.75, 3.05) is 10.8 Å². The zero-order chi connectivity index (χ0) is 11.3. The van der Waals surface area contributed by atoms with Gasteiger partial charge in [0.25, 0.3) is 0 Å². The maximum atomic E-state index is 12.2. The van der Waals surface area contributed by atoms with Gasteiger partial charge in [-0.2, -0.15) is 0 Å². The lowest BCUT2D eigenvalue weighted by atomic mass is 10.2. The summed E-state index contributed by atoms with van der Waals surface area (Å²) in [5.74, 6) is 0. The number of anilines is 1. The second-order valence-corrected chi connectivity index (χ2v) is 7.39. The maximum Gasteiger partial charge on any atom is 0.238 e. The van der Waals surface area contributed by atoms with E-state index < -0.39 is 10.0 Å². The summed E-state index contributed by atoms with van der Waals surface area (Å²) in [5.41, 5.74) is 1.99. The van der Waals surface area contributed by atoms with Gasteiger partial charge in [0, 0.05) is 11.0 Å². The smallest absolute Gasteiger partial charge is 0.238 e. The van der Waals surface area contributed by atoms with Crippen LogP contribution >= 0.6 is 15.9 Å². The molecular weight excluding hydrogens is 290 g/mol. The van der Waals surface area contributed by atoms with Crippen LogP contribution in [0.3, 0.4) is 0 Å². The van der Waals surface area contributed by atoms with Gasteiger partial charge in [-0.05, 0) is 43.0 Å². The number of hydrogen-bond acceptors (Lipinski definition) is 2. The molecule has 0 atom stereocenters. The second-order valence-electron chi connectivity index (χ2n) is 4.34. The van der Waals surface area contributed by atoms with Crippen LogP contribution in [0.1, 0.15) is 18.4 Å². The van der Waals surface area contributed by atoms with Crippen molar-refractivity contribution in [3.8, 4) is 0 Å². The average molecular weight is 302 g/mol. The number of rotatable bonds is 2. The Balaban J connectivity index is 2.03. The van der Waals surface area contributed by atoms with E-state index in [0.717, 1.165) is 35.0 Å². The molecular formula is C11H12BrNO2S. The Bertz CT molecular complexity index is 537. The first-order chi connectivity index (χ1) is 7.59. The van der Waals surface area contributed by atoms with Gasteiger partial charge in [0.15, 0.2) is 0 Å². The Hall–Kier alpha value is -0.550. The average Bonchev–Trinajstić information content (AvgIpc) is 2.99. The third kappa shape index (κ3) is 1.57. The minimum absolute atomic E-state index is 0.123. The van der Waals surface area contributed by atoms with Gasteiger partial charge in [-0.15, -0.1) is 0 Å². The number of sulfonamides is 1. The minimum atomic E-state index is -3.07. The predicted molar refractivity (Wildman–Crippen MR) is 67.1 cm³/mol. The van der Waals surface area contributed by atoms with Crippen LogP contribution in [-0.4, -0.2) is 20.2 Å². The Morgan fingerprint density at radius 2 is 2.06 bits per heavy atom. The molecule has 1 fully saturated rings. The van der Waals surface area contributed by atoms with Crippen LogP contribution in [0, 0.1) is 0 Å². The van der Waals surface area contributed by atoms with Crippen LogP contribution in [0.5, 0.6) is 0 Å². The quantitative estimate of drug-likeness (QED) is 0.840. The van der Waals surface area contributed by atoms with Crippen molar-refractivity contribution in [3.63, 3.8) is 0 Å². The standard InChI is InChI=1S/C11H12BrNO2S/c12-9-1-4-11-8(7-9)5-6-13(11)16(14,15)10-2-3-10/h1,4,7,10H,2-3,5-6H2. The van der Waals surface area contributed by atoms with E-state index in [1.165, 1.54) is 0 Å². The van der Waals surface area contributed by atoms with E-state index in [4.69, 9.17) is 0 Å². The maximum absolute atomic E-state index is 12.2. The zero-order valence-corrected chi connectivity index (χ0v) is 11.1. The first kappa shape index (κ1) is 10.6. The van der Waals surface area contributed by atoms with Gasteiger partial charge >= 0.3 is 0 Å². The molecule has 3 nitrogen and oxygen atoms in total. The number of fused-ring (bicyclic) bond motifs is 1. The van der Waals surface area contributed by atoms with E-state index in [0.29, 0.717) is 6.54 Å². The fourth-order valence-corrected chi connectivity index (χ4v) is 4.45. The molecule has 0 bridgehead atoms. The molecule has 0 spiro atoms. The highest BCUT2D eigenvalue weighted by molar-refractivity contribution is 9.10. The highest BCUT2D eigenvalue weighted by Gasteiger charge is 2.42. The first-order valence-corrected chi connectivity index (χ1v) is 7.68. The summed E-state index contributed by atoms with van der Waals surface area (Å²) < 4.78 is 26.9. The predicted octanol–water partition coefficient (Wildman–Crippen LogP) is 2.30. The molecule has 0 saturated heterocycles. The van der Waals surface area contributed by atoms with E-state index in [2.05, 4.69) is 15.9 Å². The molecule has 0 aromatic heterocycles. The lowest BCUT2D eigenvalue weighted by Gasteiger charge is -2.19. The van der Waals surface area contributed by atoms with Crippen LogP contribution in [0.4, 0.5) is 5.69 Å². The molecule has 5 heteroatoms. The van der Waals surface area contributed by atoms with Gasteiger partial charge in [-0.25, -0.2) is 8.42 Å². The summed E-state index contributed by atoms with van der Waals surface area (Å²) >= 11 is 3.41. The van der Waals surface area contributed by atoms with Crippen molar-refractivity contribution in [2.24, 2.45) is 0 Å². The molecule has 16 heavy (non-hydrogen) atoms. The molecule has 1 aromatic rings. The Morgan fingerprint density at radius 1 is 1.31 bits per heavy atom. The van der Waals surface area contributed by atoms with Gasteiger partial charge in [0.1, 0.15) is 0 Å². The molecule has 2 aliphatic rings. The fraction of sp³-hybridized carbons (Fsp3) is 0.455. The molecule has 1 saturated carbocycles. The van der Waals surface area contributed by atoms with E-state index in [1.54, 1.807) is 4.31 Å². The Labute approximate surface area is 104 Å². The molecule has 0 amide bonds. The highest BCUT2D eigenvalue weighted by Crippen LogP contribution is 2.38. The molecule has 0 N–H and O–H groups in total. The van der Waals surface area contributed by atoms with Gasteiger partial charge in [0.2, 0.25) is 10.0 Å². The normalized spacial score (nSPS) is 19.9. The van der Waals surface area contributed by atoms with Gasteiger partial charge < -0.3 is 0 Å². The van der Waals surface area contributed by atoms with Crippen LogP contribution in [0.2, 0.25) is 0 Å². The van der Waals surface area contributed by atoms with Crippen molar-refractivity contribution in [2.45, 2.75) is 24.5 Å². The Kier molecular flexibility index (Phi) is 2.30. The summed E-state index contributed by atoms with van der Waals surface area (Å²) in [7, 11) is -3.07. The van der Waals surface area contributed by atoms with Crippen LogP contribution in [0.15, 0.2) is 22.7 Å². The van der Waals surface area contributed by atoms with Gasteiger partial charge in [-0.1, -0.05) is 15.9 Å². The van der Waals surface area contributed by atoms with E-state index >= 15 is 0 Å². The largest absolute Gasteiger partial charge is 0.269 e.